The van der Waals surface area contributed by atoms with Crippen LogP contribution in [0.5, 0.6) is 0 Å². The molecule has 1 N–H and O–H groups in total. The first-order valence-corrected chi connectivity index (χ1v) is 5.54. The zero-order valence-electron chi connectivity index (χ0n) is 10.1. The van der Waals surface area contributed by atoms with Crippen LogP contribution >= 0.6 is 0 Å². The number of aliphatic hydroxyl groups is 1. The van der Waals surface area contributed by atoms with Crippen LogP contribution < -0.4 is 0 Å². The standard InChI is InChI=1S/C13H18O4/c1-10(12(14)8-13(15)16-2)17-9-11-6-4-3-5-7-11/h3-7,10,12,14H,8-9H2,1-2H3/t10-,12+/m1/s1. The van der Waals surface area contributed by atoms with Gasteiger partial charge in [-0.2, -0.15) is 0 Å². The van der Waals surface area contributed by atoms with Crippen LogP contribution in [0, 0.1) is 0 Å². The maximum Gasteiger partial charge on any atom is 0.308 e. The van der Waals surface area contributed by atoms with Crippen molar-refractivity contribution in [2.45, 2.75) is 32.2 Å². The summed E-state index contributed by atoms with van der Waals surface area (Å²) in [4.78, 5) is 11.0. The number of methoxy groups -OCH3 is 1. The maximum absolute atomic E-state index is 11.0. The van der Waals surface area contributed by atoms with Crippen molar-refractivity contribution < 1.29 is 19.4 Å². The molecule has 4 heteroatoms. The summed E-state index contributed by atoms with van der Waals surface area (Å²) < 4.78 is 9.96. The molecule has 0 aliphatic carbocycles. The van der Waals surface area contributed by atoms with Crippen LogP contribution in [0.25, 0.3) is 0 Å². The van der Waals surface area contributed by atoms with Crippen LogP contribution in [-0.2, 0) is 20.9 Å². The van der Waals surface area contributed by atoms with Gasteiger partial charge in [0.05, 0.1) is 32.3 Å². The van der Waals surface area contributed by atoms with Crippen molar-refractivity contribution in [3.63, 3.8) is 0 Å². The minimum atomic E-state index is -0.842. The van der Waals surface area contributed by atoms with Gasteiger partial charge in [0, 0.05) is 0 Å². The smallest absolute Gasteiger partial charge is 0.308 e. The predicted molar refractivity (Wildman–Crippen MR) is 63.3 cm³/mol. The largest absolute Gasteiger partial charge is 0.469 e. The van der Waals surface area contributed by atoms with Crippen molar-refractivity contribution >= 4 is 5.97 Å². The van der Waals surface area contributed by atoms with Gasteiger partial charge in [0.25, 0.3) is 0 Å². The van der Waals surface area contributed by atoms with Crippen LogP contribution in [0.3, 0.4) is 0 Å². The Kier molecular flexibility index (Phi) is 5.66. The van der Waals surface area contributed by atoms with E-state index in [0.29, 0.717) is 6.61 Å². The quantitative estimate of drug-likeness (QED) is 0.763. The van der Waals surface area contributed by atoms with Crippen molar-refractivity contribution in [3.8, 4) is 0 Å². The first-order valence-electron chi connectivity index (χ1n) is 5.54. The van der Waals surface area contributed by atoms with Crippen LogP contribution in [-0.4, -0.2) is 30.4 Å². The van der Waals surface area contributed by atoms with Gasteiger partial charge in [-0.15, -0.1) is 0 Å². The van der Waals surface area contributed by atoms with E-state index >= 15 is 0 Å². The summed E-state index contributed by atoms with van der Waals surface area (Å²) in [7, 11) is 1.30. The van der Waals surface area contributed by atoms with Gasteiger partial charge in [-0.3, -0.25) is 4.79 Å². The van der Waals surface area contributed by atoms with Crippen molar-refractivity contribution in [2.75, 3.05) is 7.11 Å². The lowest BCUT2D eigenvalue weighted by Crippen LogP contribution is -2.28. The van der Waals surface area contributed by atoms with Crippen molar-refractivity contribution in [3.05, 3.63) is 35.9 Å². The Hall–Kier alpha value is -1.39. The zero-order valence-corrected chi connectivity index (χ0v) is 10.1. The third kappa shape index (κ3) is 4.97. The van der Waals surface area contributed by atoms with Crippen molar-refractivity contribution in [1.29, 1.82) is 0 Å². The molecule has 1 aromatic carbocycles. The molecule has 2 atom stereocenters. The minimum Gasteiger partial charge on any atom is -0.469 e. The highest BCUT2D eigenvalue weighted by Gasteiger charge is 2.18. The number of rotatable bonds is 6. The molecule has 94 valence electrons. The van der Waals surface area contributed by atoms with Gasteiger partial charge in [0.1, 0.15) is 0 Å². The van der Waals surface area contributed by atoms with E-state index in [9.17, 15) is 9.90 Å². The van der Waals surface area contributed by atoms with E-state index in [1.807, 2.05) is 30.3 Å². The second kappa shape index (κ2) is 7.04. The van der Waals surface area contributed by atoms with Gasteiger partial charge in [0.2, 0.25) is 0 Å². The highest BCUT2D eigenvalue weighted by Crippen LogP contribution is 2.08. The second-order valence-corrected chi connectivity index (χ2v) is 3.85. The fraction of sp³-hybridized carbons (Fsp3) is 0.462. The Morgan fingerprint density at radius 1 is 1.35 bits per heavy atom. The van der Waals surface area contributed by atoms with Crippen LogP contribution in [0.1, 0.15) is 18.9 Å². The Bertz CT molecular complexity index is 337. The third-order valence-corrected chi connectivity index (χ3v) is 2.50. The molecule has 0 saturated heterocycles. The summed E-state index contributed by atoms with van der Waals surface area (Å²) in [5, 5.41) is 9.67. The molecular weight excluding hydrogens is 220 g/mol. The normalized spacial score (nSPS) is 14.1. The summed E-state index contributed by atoms with van der Waals surface area (Å²) in [6.45, 7) is 2.15. The van der Waals surface area contributed by atoms with E-state index in [1.165, 1.54) is 7.11 Å². The molecule has 0 radical (unpaired) electrons. The summed E-state index contributed by atoms with van der Waals surface area (Å²) in [6.07, 6.45) is -1.30. The fourth-order valence-corrected chi connectivity index (χ4v) is 1.33. The number of ether oxygens (including phenoxy) is 2. The molecule has 0 unspecified atom stereocenters. The fourth-order valence-electron chi connectivity index (χ4n) is 1.33. The molecule has 0 heterocycles. The molecule has 4 nitrogen and oxygen atoms in total. The molecule has 0 amide bonds. The highest BCUT2D eigenvalue weighted by molar-refractivity contribution is 5.69. The van der Waals surface area contributed by atoms with E-state index in [4.69, 9.17) is 4.74 Å². The lowest BCUT2D eigenvalue weighted by atomic mass is 10.1. The lowest BCUT2D eigenvalue weighted by Gasteiger charge is -2.18. The predicted octanol–water partition coefficient (Wildman–Crippen LogP) is 1.52. The van der Waals surface area contributed by atoms with E-state index in [1.54, 1.807) is 6.92 Å². The van der Waals surface area contributed by atoms with Crippen LogP contribution in [0.4, 0.5) is 0 Å². The maximum atomic E-state index is 11.0. The third-order valence-electron chi connectivity index (χ3n) is 2.50. The molecule has 0 aromatic heterocycles. The number of aliphatic hydroxyl groups excluding tert-OH is 1. The molecule has 0 spiro atoms. The molecule has 1 aromatic rings. The van der Waals surface area contributed by atoms with E-state index < -0.39 is 18.2 Å². The molecule has 0 bridgehead atoms. The molecule has 0 aliphatic rings. The number of carbonyl (C=O) groups is 1. The Morgan fingerprint density at radius 2 is 2.00 bits per heavy atom. The number of esters is 1. The van der Waals surface area contributed by atoms with Gasteiger partial charge in [-0.25, -0.2) is 0 Å². The molecule has 0 aliphatic heterocycles. The van der Waals surface area contributed by atoms with Gasteiger partial charge < -0.3 is 14.6 Å². The molecule has 0 saturated carbocycles. The topological polar surface area (TPSA) is 55.8 Å². The summed E-state index contributed by atoms with van der Waals surface area (Å²) in [6, 6.07) is 9.67. The van der Waals surface area contributed by atoms with Crippen molar-refractivity contribution in [1.82, 2.24) is 0 Å². The van der Waals surface area contributed by atoms with E-state index in [2.05, 4.69) is 4.74 Å². The molecule has 0 fully saturated rings. The summed E-state index contributed by atoms with van der Waals surface area (Å²) >= 11 is 0. The van der Waals surface area contributed by atoms with Crippen LogP contribution in [0.15, 0.2) is 30.3 Å². The Labute approximate surface area is 101 Å². The summed E-state index contributed by atoms with van der Waals surface area (Å²) in [5.41, 5.74) is 1.03. The van der Waals surface area contributed by atoms with Crippen molar-refractivity contribution in [2.24, 2.45) is 0 Å². The number of carbonyl (C=O) groups excluding carboxylic acids is 1. The Morgan fingerprint density at radius 3 is 2.59 bits per heavy atom. The molecular formula is C13H18O4. The number of hydrogen-bond acceptors (Lipinski definition) is 4. The van der Waals surface area contributed by atoms with Gasteiger partial charge >= 0.3 is 5.97 Å². The minimum absolute atomic E-state index is 0.0492. The van der Waals surface area contributed by atoms with Crippen LogP contribution in [0.2, 0.25) is 0 Å². The summed E-state index contributed by atoms with van der Waals surface area (Å²) in [5.74, 6) is -0.437. The molecule has 17 heavy (non-hydrogen) atoms. The number of benzene rings is 1. The number of hydrogen-bond donors (Lipinski definition) is 1. The first kappa shape index (κ1) is 13.7. The molecule has 1 rings (SSSR count). The second-order valence-electron chi connectivity index (χ2n) is 3.85. The van der Waals surface area contributed by atoms with E-state index in [-0.39, 0.29) is 6.42 Å². The van der Waals surface area contributed by atoms with Gasteiger partial charge in [-0.1, -0.05) is 30.3 Å². The zero-order chi connectivity index (χ0) is 12.7. The average Bonchev–Trinajstić information content (AvgIpc) is 2.36. The Balaban J connectivity index is 2.34. The average molecular weight is 238 g/mol. The lowest BCUT2D eigenvalue weighted by molar-refractivity contribution is -0.145. The van der Waals surface area contributed by atoms with Gasteiger partial charge in [0.15, 0.2) is 0 Å². The first-order chi connectivity index (χ1) is 8.13. The highest BCUT2D eigenvalue weighted by atomic mass is 16.5. The van der Waals surface area contributed by atoms with E-state index in [0.717, 1.165) is 5.56 Å². The van der Waals surface area contributed by atoms with Gasteiger partial charge in [-0.05, 0) is 12.5 Å². The monoisotopic (exact) mass is 238 g/mol. The SMILES string of the molecule is COC(=O)C[C@H](O)[C@@H](C)OCc1ccccc1.